The lowest BCUT2D eigenvalue weighted by molar-refractivity contribution is -0.665. The van der Waals surface area contributed by atoms with Crippen molar-refractivity contribution in [2.45, 2.75) is 32.4 Å². The van der Waals surface area contributed by atoms with Gasteiger partial charge in [0.25, 0.3) is 0 Å². The summed E-state index contributed by atoms with van der Waals surface area (Å²) in [4.78, 5) is 0. The summed E-state index contributed by atoms with van der Waals surface area (Å²) in [5, 5.41) is 9.89. The Morgan fingerprint density at radius 3 is 1.55 bits per heavy atom. The van der Waals surface area contributed by atoms with Crippen LogP contribution in [0.15, 0.2) is 85.2 Å². The van der Waals surface area contributed by atoms with Crippen molar-refractivity contribution in [3.8, 4) is 0 Å². The summed E-state index contributed by atoms with van der Waals surface area (Å²) in [6, 6.07) is 21.8. The SMILES string of the molecule is C1=C\C[n+]2ccc(c3ccccc32)NCCCCCNc2cc[n+](c3ccccc23)C/1. The number of nitrogens with zero attached hydrogens (tertiary/aromatic N) is 2. The summed E-state index contributed by atoms with van der Waals surface area (Å²) >= 11 is 0. The van der Waals surface area contributed by atoms with Crippen LogP contribution in [0.2, 0.25) is 0 Å². The number of hydrogen-bond acceptors (Lipinski definition) is 2. The van der Waals surface area contributed by atoms with E-state index in [1.165, 1.54) is 52.4 Å². The van der Waals surface area contributed by atoms with Crippen LogP contribution in [0, 0.1) is 0 Å². The highest BCUT2D eigenvalue weighted by molar-refractivity contribution is 5.89. The number of aromatic nitrogens is 2. The second-order valence-electron chi connectivity index (χ2n) is 8.18. The van der Waals surface area contributed by atoms with Crippen molar-refractivity contribution in [3.63, 3.8) is 0 Å². The zero-order valence-corrected chi connectivity index (χ0v) is 17.9. The largest absolute Gasteiger partial charge is 0.384 e. The number of hydrogen-bond donors (Lipinski definition) is 2. The van der Waals surface area contributed by atoms with Gasteiger partial charge >= 0.3 is 0 Å². The lowest BCUT2D eigenvalue weighted by Gasteiger charge is -2.10. The molecule has 0 fully saturated rings. The summed E-state index contributed by atoms with van der Waals surface area (Å²) in [5.74, 6) is 0. The topological polar surface area (TPSA) is 31.8 Å². The summed E-state index contributed by atoms with van der Waals surface area (Å²) in [6.45, 7) is 3.72. The molecule has 4 heterocycles. The lowest BCUT2D eigenvalue weighted by Crippen LogP contribution is -2.35. The van der Waals surface area contributed by atoms with Crippen LogP contribution in [-0.4, -0.2) is 13.1 Å². The molecule has 2 aromatic heterocycles. The second-order valence-corrected chi connectivity index (χ2v) is 8.18. The zero-order valence-electron chi connectivity index (χ0n) is 17.9. The van der Waals surface area contributed by atoms with Gasteiger partial charge in [0.15, 0.2) is 25.5 Å². The van der Waals surface area contributed by atoms with Crippen molar-refractivity contribution in [3.05, 3.63) is 85.2 Å². The third kappa shape index (κ3) is 4.24. The Kier molecular flexibility index (Phi) is 5.79. The van der Waals surface area contributed by atoms with E-state index in [2.05, 4.69) is 105 Å². The van der Waals surface area contributed by atoms with Gasteiger partial charge in [-0.25, -0.2) is 0 Å². The van der Waals surface area contributed by atoms with E-state index in [-0.39, 0.29) is 0 Å². The van der Waals surface area contributed by atoms with Gasteiger partial charge in [0.2, 0.25) is 11.0 Å². The fourth-order valence-corrected chi connectivity index (χ4v) is 4.45. The van der Waals surface area contributed by atoms with E-state index in [1.807, 2.05) is 0 Å². The molecule has 0 atom stereocenters. The van der Waals surface area contributed by atoms with Gasteiger partial charge in [-0.05, 0) is 43.5 Å². The molecule has 0 amide bonds. The van der Waals surface area contributed by atoms with Crippen molar-refractivity contribution in [2.24, 2.45) is 0 Å². The molecule has 6 rings (SSSR count). The average molecular weight is 411 g/mol. The summed E-state index contributed by atoms with van der Waals surface area (Å²) in [5.41, 5.74) is 4.99. The first-order chi connectivity index (χ1) is 15.4. The molecule has 4 aromatic rings. The Labute approximate surface area is 183 Å². The van der Waals surface area contributed by atoms with Crippen LogP contribution in [0.1, 0.15) is 19.3 Å². The number of anilines is 2. The number of allylic oxidation sites excluding steroid dienone is 2. The average Bonchev–Trinajstić information content (AvgIpc) is 2.82. The molecule has 4 bridgehead atoms. The van der Waals surface area contributed by atoms with Crippen LogP contribution < -0.4 is 19.8 Å². The van der Waals surface area contributed by atoms with E-state index < -0.39 is 0 Å². The minimum absolute atomic E-state index is 0.860. The number of para-hydroxylation sites is 2. The molecule has 156 valence electrons. The maximum Gasteiger partial charge on any atom is 0.214 e. The van der Waals surface area contributed by atoms with Crippen molar-refractivity contribution < 1.29 is 9.13 Å². The molecular formula is C27H30N4+2. The molecule has 0 saturated carbocycles. The molecule has 2 N–H and O–H groups in total. The number of rotatable bonds is 0. The van der Waals surface area contributed by atoms with Crippen LogP contribution in [0.3, 0.4) is 0 Å². The predicted octanol–water partition coefficient (Wildman–Crippen LogP) is 4.83. The zero-order chi connectivity index (χ0) is 20.9. The first-order valence-corrected chi connectivity index (χ1v) is 11.4. The smallest absolute Gasteiger partial charge is 0.214 e. The van der Waals surface area contributed by atoms with Crippen LogP contribution in [-0.2, 0) is 13.1 Å². The first-order valence-electron chi connectivity index (χ1n) is 11.4. The van der Waals surface area contributed by atoms with Crippen LogP contribution in [0.4, 0.5) is 11.4 Å². The molecule has 2 aliphatic rings. The molecule has 0 aliphatic carbocycles. The molecule has 2 aromatic carbocycles. The van der Waals surface area contributed by atoms with Crippen molar-refractivity contribution >= 4 is 33.2 Å². The Morgan fingerprint density at radius 1 is 0.548 bits per heavy atom. The van der Waals surface area contributed by atoms with Crippen LogP contribution in [0.5, 0.6) is 0 Å². The Morgan fingerprint density at radius 2 is 1.03 bits per heavy atom. The Hall–Kier alpha value is -3.40. The number of fused-ring (bicyclic) bond motifs is 10. The fourth-order valence-electron chi connectivity index (χ4n) is 4.45. The maximum atomic E-state index is 3.66. The lowest BCUT2D eigenvalue weighted by atomic mass is 10.1. The molecule has 2 aliphatic heterocycles. The maximum absolute atomic E-state index is 3.66. The number of benzene rings is 2. The van der Waals surface area contributed by atoms with E-state index in [4.69, 9.17) is 0 Å². The van der Waals surface area contributed by atoms with E-state index in [9.17, 15) is 0 Å². The number of pyridine rings is 2. The summed E-state index contributed by atoms with van der Waals surface area (Å²) in [6.07, 6.45) is 12.5. The predicted molar refractivity (Wildman–Crippen MR) is 128 cm³/mol. The highest BCUT2D eigenvalue weighted by atomic mass is 15.0. The summed E-state index contributed by atoms with van der Waals surface area (Å²) < 4.78 is 4.64. The summed E-state index contributed by atoms with van der Waals surface area (Å²) in [7, 11) is 0. The highest BCUT2D eigenvalue weighted by Crippen LogP contribution is 2.22. The number of nitrogens with one attached hydrogen (secondary N) is 2. The van der Waals surface area contributed by atoms with Crippen molar-refractivity contribution in [1.82, 2.24) is 0 Å². The Bertz CT molecular complexity index is 1130. The molecule has 0 spiro atoms. The van der Waals surface area contributed by atoms with Crippen LogP contribution in [0.25, 0.3) is 21.8 Å². The molecule has 4 nitrogen and oxygen atoms in total. The standard InChI is InChI=1S/C27H28N4/c1-6-16-28-24-14-20-30(26-12-4-2-10-22(24)26)18-8-9-19-31-21-15-25(29-17-7-1)23-11-3-5-13-27(23)31/h2-5,8-15,20-21H,1,6-7,16-19H2/p+2/b9-8-,28-24?,29-25?. The van der Waals surface area contributed by atoms with Gasteiger partial charge in [-0.1, -0.05) is 24.3 Å². The first kappa shape index (κ1) is 19.6. The van der Waals surface area contributed by atoms with Gasteiger partial charge in [0.05, 0.1) is 22.1 Å². The normalized spacial score (nSPS) is 16.3. The molecule has 4 heteroatoms. The molecule has 0 saturated heterocycles. The van der Waals surface area contributed by atoms with Crippen molar-refractivity contribution in [2.75, 3.05) is 23.7 Å². The van der Waals surface area contributed by atoms with E-state index in [0.717, 1.165) is 26.2 Å². The third-order valence-electron chi connectivity index (χ3n) is 6.10. The van der Waals surface area contributed by atoms with E-state index >= 15 is 0 Å². The van der Waals surface area contributed by atoms with Gasteiger partial charge in [0.1, 0.15) is 0 Å². The monoisotopic (exact) mass is 410 g/mol. The van der Waals surface area contributed by atoms with Crippen LogP contribution >= 0.6 is 0 Å². The van der Waals surface area contributed by atoms with Gasteiger partial charge in [-0.15, -0.1) is 0 Å². The van der Waals surface area contributed by atoms with Crippen molar-refractivity contribution in [1.29, 1.82) is 0 Å². The Balaban J connectivity index is 1.49. The highest BCUT2D eigenvalue weighted by Gasteiger charge is 2.13. The van der Waals surface area contributed by atoms with E-state index in [0.29, 0.717) is 0 Å². The third-order valence-corrected chi connectivity index (χ3v) is 6.10. The molecule has 31 heavy (non-hydrogen) atoms. The van der Waals surface area contributed by atoms with Gasteiger partial charge < -0.3 is 10.6 Å². The molecule has 0 radical (unpaired) electrons. The minimum atomic E-state index is 0.860. The van der Waals surface area contributed by atoms with Gasteiger partial charge in [-0.2, -0.15) is 9.13 Å². The van der Waals surface area contributed by atoms with Gasteiger partial charge in [0, 0.05) is 37.4 Å². The molecule has 0 unspecified atom stereocenters. The fraction of sp³-hybridized carbons (Fsp3) is 0.259. The molecular weight excluding hydrogens is 380 g/mol. The second kappa shape index (κ2) is 9.17. The van der Waals surface area contributed by atoms with E-state index in [1.54, 1.807) is 0 Å². The minimum Gasteiger partial charge on any atom is -0.384 e. The van der Waals surface area contributed by atoms with Gasteiger partial charge in [-0.3, -0.25) is 0 Å². The quantitative estimate of drug-likeness (QED) is 0.321.